The van der Waals surface area contributed by atoms with Gasteiger partial charge in [-0.3, -0.25) is 4.79 Å². The number of rotatable bonds is 4. The van der Waals surface area contributed by atoms with Crippen molar-refractivity contribution in [2.75, 3.05) is 0 Å². The molecule has 0 aliphatic heterocycles. The molecule has 1 aromatic rings. The van der Waals surface area contributed by atoms with Crippen LogP contribution in [0, 0.1) is 11.7 Å². The summed E-state index contributed by atoms with van der Waals surface area (Å²) in [6, 6.07) is 5.84. The van der Waals surface area contributed by atoms with Gasteiger partial charge in [0.15, 0.2) is 0 Å². The van der Waals surface area contributed by atoms with Gasteiger partial charge in [0.1, 0.15) is 11.4 Å². The third-order valence-electron chi connectivity index (χ3n) is 4.64. The highest BCUT2D eigenvalue weighted by atomic mass is 19.1. The summed E-state index contributed by atoms with van der Waals surface area (Å²) in [6.07, 6.45) is 2.43. The van der Waals surface area contributed by atoms with E-state index in [0.717, 1.165) is 12.8 Å². The molecule has 0 aromatic heterocycles. The molecule has 1 fully saturated rings. The lowest BCUT2D eigenvalue weighted by atomic mass is 9.76. The summed E-state index contributed by atoms with van der Waals surface area (Å²) in [5.41, 5.74) is -0.646. The Balaban J connectivity index is 2.13. The first-order valence-corrected chi connectivity index (χ1v) is 7.65. The second-order valence-corrected chi connectivity index (χ2v) is 6.34. The minimum absolute atomic E-state index is 0.373. The van der Waals surface area contributed by atoms with Gasteiger partial charge in [-0.1, -0.05) is 19.1 Å². The SMILES string of the molecule is CC1CCC(NC(=O)C(C)c2cccc(F)c2)(C(=O)O)CC1. The predicted molar refractivity (Wildman–Crippen MR) is 81.0 cm³/mol. The molecule has 4 nitrogen and oxygen atoms in total. The molecular weight excluding hydrogens is 285 g/mol. The molecule has 2 rings (SSSR count). The average Bonchev–Trinajstić information content (AvgIpc) is 2.48. The predicted octanol–water partition coefficient (Wildman–Crippen LogP) is 3.08. The van der Waals surface area contributed by atoms with Crippen LogP contribution < -0.4 is 5.32 Å². The van der Waals surface area contributed by atoms with Crippen molar-refractivity contribution in [2.45, 2.75) is 51.0 Å². The highest BCUT2D eigenvalue weighted by molar-refractivity contribution is 5.90. The first-order valence-electron chi connectivity index (χ1n) is 7.65. The normalized spacial score (nSPS) is 26.2. The lowest BCUT2D eigenvalue weighted by molar-refractivity contribution is -0.149. The zero-order valence-corrected chi connectivity index (χ0v) is 12.9. The van der Waals surface area contributed by atoms with E-state index in [9.17, 15) is 19.1 Å². The third-order valence-corrected chi connectivity index (χ3v) is 4.64. The number of hydrogen-bond donors (Lipinski definition) is 2. The lowest BCUT2D eigenvalue weighted by Crippen LogP contribution is -2.57. The van der Waals surface area contributed by atoms with E-state index in [1.54, 1.807) is 19.1 Å². The van der Waals surface area contributed by atoms with E-state index in [1.807, 2.05) is 0 Å². The van der Waals surface area contributed by atoms with Gasteiger partial charge in [0.05, 0.1) is 5.92 Å². The second kappa shape index (κ2) is 6.46. The molecule has 1 aliphatic rings. The Hall–Kier alpha value is -1.91. The Labute approximate surface area is 129 Å². The molecule has 1 aromatic carbocycles. The van der Waals surface area contributed by atoms with Crippen molar-refractivity contribution in [2.24, 2.45) is 5.92 Å². The van der Waals surface area contributed by atoms with E-state index in [-0.39, 0.29) is 5.91 Å². The van der Waals surface area contributed by atoms with Gasteiger partial charge in [-0.15, -0.1) is 0 Å². The molecular formula is C17H22FNO3. The van der Waals surface area contributed by atoms with Crippen LogP contribution in [0.3, 0.4) is 0 Å². The third kappa shape index (κ3) is 3.46. The number of hydrogen-bond acceptors (Lipinski definition) is 2. The number of benzene rings is 1. The molecule has 22 heavy (non-hydrogen) atoms. The first kappa shape index (κ1) is 16.5. The molecule has 1 saturated carbocycles. The highest BCUT2D eigenvalue weighted by Gasteiger charge is 2.43. The summed E-state index contributed by atoms with van der Waals surface area (Å²) in [6.45, 7) is 3.74. The van der Waals surface area contributed by atoms with Gasteiger partial charge in [-0.2, -0.15) is 0 Å². The van der Waals surface area contributed by atoms with Crippen LogP contribution in [-0.2, 0) is 9.59 Å². The van der Waals surface area contributed by atoms with E-state index in [2.05, 4.69) is 12.2 Å². The molecule has 1 atom stereocenters. The van der Waals surface area contributed by atoms with Crippen LogP contribution in [-0.4, -0.2) is 22.5 Å². The Kier molecular flexibility index (Phi) is 4.84. The molecule has 1 aliphatic carbocycles. The van der Waals surface area contributed by atoms with E-state index in [0.29, 0.717) is 24.3 Å². The topological polar surface area (TPSA) is 66.4 Å². The van der Waals surface area contributed by atoms with Gasteiger partial charge in [-0.25, -0.2) is 9.18 Å². The Morgan fingerprint density at radius 3 is 2.55 bits per heavy atom. The zero-order chi connectivity index (χ0) is 16.3. The van der Waals surface area contributed by atoms with Crippen LogP contribution in [0.5, 0.6) is 0 Å². The standard InChI is InChI=1S/C17H22FNO3/c1-11-6-8-17(9-7-11,16(21)22)19-15(20)12(2)13-4-3-5-14(18)10-13/h3-5,10-12H,6-9H2,1-2H3,(H,19,20)(H,21,22). The fourth-order valence-corrected chi connectivity index (χ4v) is 2.92. The highest BCUT2D eigenvalue weighted by Crippen LogP contribution is 2.33. The van der Waals surface area contributed by atoms with Crippen LogP contribution in [0.25, 0.3) is 0 Å². The van der Waals surface area contributed by atoms with E-state index < -0.39 is 23.2 Å². The van der Waals surface area contributed by atoms with Crippen LogP contribution in [0.15, 0.2) is 24.3 Å². The number of carboxylic acid groups (broad SMARTS) is 1. The van der Waals surface area contributed by atoms with Crippen LogP contribution in [0.1, 0.15) is 51.0 Å². The van der Waals surface area contributed by atoms with Crippen molar-refractivity contribution in [1.29, 1.82) is 0 Å². The molecule has 0 bridgehead atoms. The summed E-state index contributed by atoms with van der Waals surface area (Å²) in [7, 11) is 0. The van der Waals surface area contributed by atoms with Crippen molar-refractivity contribution >= 4 is 11.9 Å². The molecule has 2 N–H and O–H groups in total. The Morgan fingerprint density at radius 1 is 1.36 bits per heavy atom. The van der Waals surface area contributed by atoms with Crippen molar-refractivity contribution in [3.63, 3.8) is 0 Å². The molecule has 0 saturated heterocycles. The monoisotopic (exact) mass is 307 g/mol. The van der Waals surface area contributed by atoms with Crippen molar-refractivity contribution in [3.8, 4) is 0 Å². The number of carbonyl (C=O) groups excluding carboxylic acids is 1. The molecule has 0 spiro atoms. The first-order chi connectivity index (χ1) is 10.3. The fourth-order valence-electron chi connectivity index (χ4n) is 2.92. The van der Waals surface area contributed by atoms with Gasteiger partial charge in [-0.05, 0) is 56.2 Å². The number of carbonyl (C=O) groups is 2. The van der Waals surface area contributed by atoms with E-state index in [4.69, 9.17) is 0 Å². The number of carboxylic acids is 1. The molecule has 0 heterocycles. The molecule has 1 amide bonds. The van der Waals surface area contributed by atoms with Gasteiger partial charge in [0, 0.05) is 0 Å². The maximum atomic E-state index is 13.3. The lowest BCUT2D eigenvalue weighted by Gasteiger charge is -2.37. The summed E-state index contributed by atoms with van der Waals surface area (Å²) in [4.78, 5) is 24.1. The quantitative estimate of drug-likeness (QED) is 0.898. The summed E-state index contributed by atoms with van der Waals surface area (Å²) in [5, 5.41) is 12.3. The molecule has 1 unspecified atom stereocenters. The van der Waals surface area contributed by atoms with Gasteiger partial charge in [0.25, 0.3) is 0 Å². The second-order valence-electron chi connectivity index (χ2n) is 6.34. The number of halogens is 1. The van der Waals surface area contributed by atoms with Crippen molar-refractivity contribution < 1.29 is 19.1 Å². The minimum Gasteiger partial charge on any atom is -0.480 e. The smallest absolute Gasteiger partial charge is 0.329 e. The van der Waals surface area contributed by atoms with E-state index >= 15 is 0 Å². The Bertz CT molecular complexity index is 565. The molecule has 0 radical (unpaired) electrons. The summed E-state index contributed by atoms with van der Waals surface area (Å²) < 4.78 is 13.3. The zero-order valence-electron chi connectivity index (χ0n) is 12.9. The van der Waals surface area contributed by atoms with Gasteiger partial charge in [0.2, 0.25) is 5.91 Å². The Morgan fingerprint density at radius 2 is 2.00 bits per heavy atom. The molecule has 120 valence electrons. The van der Waals surface area contributed by atoms with Gasteiger partial charge >= 0.3 is 5.97 Å². The van der Waals surface area contributed by atoms with Crippen LogP contribution in [0.4, 0.5) is 4.39 Å². The van der Waals surface area contributed by atoms with Crippen LogP contribution >= 0.6 is 0 Å². The van der Waals surface area contributed by atoms with Crippen LogP contribution in [0.2, 0.25) is 0 Å². The summed E-state index contributed by atoms with van der Waals surface area (Å²) in [5.74, 6) is -1.88. The summed E-state index contributed by atoms with van der Waals surface area (Å²) >= 11 is 0. The van der Waals surface area contributed by atoms with Crippen molar-refractivity contribution in [3.05, 3.63) is 35.6 Å². The largest absolute Gasteiger partial charge is 0.480 e. The number of aliphatic carboxylic acids is 1. The number of amides is 1. The van der Waals surface area contributed by atoms with E-state index in [1.165, 1.54) is 12.1 Å². The number of nitrogens with one attached hydrogen (secondary N) is 1. The maximum absolute atomic E-state index is 13.3. The minimum atomic E-state index is -1.19. The maximum Gasteiger partial charge on any atom is 0.329 e. The fraction of sp³-hybridized carbons (Fsp3) is 0.529. The average molecular weight is 307 g/mol. The molecule has 5 heteroatoms. The van der Waals surface area contributed by atoms with Crippen molar-refractivity contribution in [1.82, 2.24) is 5.32 Å². The van der Waals surface area contributed by atoms with Gasteiger partial charge < -0.3 is 10.4 Å².